The number of carboxylic acids is 1. The van der Waals surface area contributed by atoms with Gasteiger partial charge in [0.1, 0.15) is 0 Å². The van der Waals surface area contributed by atoms with E-state index < -0.39 is 17.7 Å². The molecule has 90 valence electrons. The van der Waals surface area contributed by atoms with E-state index >= 15 is 0 Å². The number of carboxylic acid groups (broad SMARTS) is 1. The lowest BCUT2D eigenvalue weighted by molar-refractivity contribution is -0.136. The number of hydrogen-bond acceptors (Lipinski definition) is 1. The molecule has 17 heavy (non-hydrogen) atoms. The van der Waals surface area contributed by atoms with E-state index in [1.807, 2.05) is 0 Å². The first-order chi connectivity index (χ1) is 7.82. The molecule has 1 heterocycles. The van der Waals surface area contributed by atoms with E-state index in [0.29, 0.717) is 0 Å². The van der Waals surface area contributed by atoms with Gasteiger partial charge in [-0.2, -0.15) is 13.2 Å². The van der Waals surface area contributed by atoms with E-state index in [1.165, 1.54) is 19.1 Å². The van der Waals surface area contributed by atoms with Crippen molar-refractivity contribution in [2.24, 2.45) is 0 Å². The van der Waals surface area contributed by atoms with Gasteiger partial charge in [-0.1, -0.05) is 6.07 Å². The van der Waals surface area contributed by atoms with Gasteiger partial charge in [-0.25, -0.2) is 4.79 Å². The minimum absolute atomic E-state index is 0.176. The zero-order valence-corrected chi connectivity index (χ0v) is 8.72. The Morgan fingerprint density at radius 3 is 2.53 bits per heavy atom. The lowest BCUT2D eigenvalue weighted by atomic mass is 10.0. The molecule has 0 saturated heterocycles. The molecule has 2 rings (SSSR count). The van der Waals surface area contributed by atoms with Crippen LogP contribution in [0.3, 0.4) is 0 Å². The second kappa shape index (κ2) is 3.51. The second-order valence-electron chi connectivity index (χ2n) is 3.66. The molecule has 0 aliphatic carbocycles. The number of aryl methyl sites for hydroxylation is 1. The number of aromatic carboxylic acids is 1. The lowest BCUT2D eigenvalue weighted by Crippen LogP contribution is -2.07. The summed E-state index contributed by atoms with van der Waals surface area (Å²) in [5, 5.41) is 8.67. The van der Waals surface area contributed by atoms with Crippen molar-refractivity contribution in [1.29, 1.82) is 0 Å². The highest BCUT2D eigenvalue weighted by molar-refractivity contribution is 6.06. The summed E-state index contributed by atoms with van der Waals surface area (Å²) in [5.41, 5.74) is -0.872. The number of halogens is 3. The molecule has 0 saturated carbocycles. The Morgan fingerprint density at radius 2 is 2.00 bits per heavy atom. The Morgan fingerprint density at radius 1 is 1.35 bits per heavy atom. The number of carbonyl (C=O) groups is 1. The Labute approximate surface area is 93.9 Å². The predicted molar refractivity (Wildman–Crippen MR) is 55.0 cm³/mol. The molecule has 0 radical (unpaired) electrons. The van der Waals surface area contributed by atoms with Crippen molar-refractivity contribution in [2.45, 2.75) is 13.1 Å². The van der Waals surface area contributed by atoms with Gasteiger partial charge in [0.2, 0.25) is 0 Å². The van der Waals surface area contributed by atoms with E-state index in [9.17, 15) is 18.0 Å². The maximum absolute atomic E-state index is 12.8. The standard InChI is InChI=1S/C11H8F3NO2/c1-5-8(10(16)17)9-6(11(12,13)14)3-2-4-7(9)15-5/h2-4,15H,1H3,(H,16,17). The Bertz CT molecular complexity index is 599. The number of alkyl halides is 3. The molecule has 0 unspecified atom stereocenters. The second-order valence-corrected chi connectivity index (χ2v) is 3.66. The van der Waals surface area contributed by atoms with Crippen molar-refractivity contribution in [3.05, 3.63) is 35.0 Å². The van der Waals surface area contributed by atoms with Gasteiger partial charge in [0.05, 0.1) is 11.1 Å². The van der Waals surface area contributed by atoms with Gasteiger partial charge in [0.25, 0.3) is 0 Å². The maximum atomic E-state index is 12.8. The summed E-state index contributed by atoms with van der Waals surface area (Å²) in [6.07, 6.45) is -4.57. The van der Waals surface area contributed by atoms with E-state index in [4.69, 9.17) is 5.11 Å². The molecule has 0 atom stereocenters. The van der Waals surface area contributed by atoms with Crippen molar-refractivity contribution >= 4 is 16.9 Å². The molecule has 0 spiro atoms. The first-order valence-corrected chi connectivity index (χ1v) is 4.74. The van der Waals surface area contributed by atoms with E-state index in [-0.39, 0.29) is 22.2 Å². The summed E-state index contributed by atoms with van der Waals surface area (Å²) >= 11 is 0. The molecule has 3 nitrogen and oxygen atoms in total. The molecular formula is C11H8F3NO2. The first-order valence-electron chi connectivity index (χ1n) is 4.74. The maximum Gasteiger partial charge on any atom is 0.417 e. The fraction of sp³-hybridized carbons (Fsp3) is 0.182. The van der Waals surface area contributed by atoms with Gasteiger partial charge in [0, 0.05) is 16.6 Å². The van der Waals surface area contributed by atoms with E-state index in [0.717, 1.165) is 6.07 Å². The highest BCUT2D eigenvalue weighted by Crippen LogP contribution is 2.37. The zero-order valence-electron chi connectivity index (χ0n) is 8.72. The van der Waals surface area contributed by atoms with Crippen LogP contribution < -0.4 is 0 Å². The van der Waals surface area contributed by atoms with Crippen LogP contribution in [0.5, 0.6) is 0 Å². The third kappa shape index (κ3) is 1.75. The van der Waals surface area contributed by atoms with Crippen LogP contribution in [0, 0.1) is 6.92 Å². The first kappa shape index (κ1) is 11.5. The predicted octanol–water partition coefficient (Wildman–Crippen LogP) is 3.19. The summed E-state index contributed by atoms with van der Waals surface area (Å²) in [6, 6.07) is 3.54. The van der Waals surface area contributed by atoms with Crippen LogP contribution in [-0.2, 0) is 6.18 Å². The molecular weight excluding hydrogens is 235 g/mol. The fourth-order valence-electron chi connectivity index (χ4n) is 1.88. The summed E-state index contributed by atoms with van der Waals surface area (Å²) in [5.74, 6) is -1.37. The van der Waals surface area contributed by atoms with Gasteiger partial charge >= 0.3 is 12.1 Å². The number of benzene rings is 1. The summed E-state index contributed by atoms with van der Waals surface area (Å²) in [4.78, 5) is 13.6. The quantitative estimate of drug-likeness (QED) is 0.808. The SMILES string of the molecule is Cc1[nH]c2cccc(C(F)(F)F)c2c1C(=O)O. The van der Waals surface area contributed by atoms with Crippen molar-refractivity contribution in [1.82, 2.24) is 4.98 Å². The summed E-state index contributed by atoms with van der Waals surface area (Å²) in [7, 11) is 0. The molecule has 2 aromatic rings. The average molecular weight is 243 g/mol. The smallest absolute Gasteiger partial charge is 0.417 e. The lowest BCUT2D eigenvalue weighted by Gasteiger charge is -2.08. The minimum atomic E-state index is -4.57. The van der Waals surface area contributed by atoms with Gasteiger partial charge in [0.15, 0.2) is 0 Å². The Kier molecular flexibility index (Phi) is 2.38. The number of aromatic nitrogens is 1. The average Bonchev–Trinajstić information content (AvgIpc) is 2.51. The van der Waals surface area contributed by atoms with Gasteiger partial charge < -0.3 is 10.1 Å². The fourth-order valence-corrected chi connectivity index (χ4v) is 1.88. The normalized spacial score (nSPS) is 12.0. The Balaban J connectivity index is 2.91. The number of aromatic amines is 1. The zero-order chi connectivity index (χ0) is 12.8. The van der Waals surface area contributed by atoms with Crippen LogP contribution in [0.2, 0.25) is 0 Å². The van der Waals surface area contributed by atoms with E-state index in [1.54, 1.807) is 0 Å². The van der Waals surface area contributed by atoms with Crippen LogP contribution in [0.25, 0.3) is 10.9 Å². The van der Waals surface area contributed by atoms with Crippen LogP contribution in [0.4, 0.5) is 13.2 Å². The van der Waals surface area contributed by atoms with Gasteiger partial charge in [-0.3, -0.25) is 0 Å². The minimum Gasteiger partial charge on any atom is -0.478 e. The number of rotatable bonds is 1. The van der Waals surface area contributed by atoms with Crippen molar-refractivity contribution in [3.63, 3.8) is 0 Å². The van der Waals surface area contributed by atoms with E-state index in [2.05, 4.69) is 4.98 Å². The largest absolute Gasteiger partial charge is 0.478 e. The molecule has 1 aromatic carbocycles. The molecule has 2 N–H and O–H groups in total. The van der Waals surface area contributed by atoms with Crippen LogP contribution in [-0.4, -0.2) is 16.1 Å². The molecule has 6 heteroatoms. The molecule has 0 fully saturated rings. The molecule has 0 amide bonds. The van der Waals surface area contributed by atoms with Crippen molar-refractivity contribution < 1.29 is 23.1 Å². The molecule has 0 aliphatic heterocycles. The van der Waals surface area contributed by atoms with Crippen molar-refractivity contribution in [2.75, 3.05) is 0 Å². The van der Waals surface area contributed by atoms with Gasteiger partial charge in [-0.15, -0.1) is 0 Å². The molecule has 0 aliphatic rings. The summed E-state index contributed by atoms with van der Waals surface area (Å²) in [6.45, 7) is 1.43. The number of H-pyrrole nitrogens is 1. The highest BCUT2D eigenvalue weighted by Gasteiger charge is 2.35. The highest BCUT2D eigenvalue weighted by atomic mass is 19.4. The summed E-state index contributed by atoms with van der Waals surface area (Å²) < 4.78 is 38.3. The molecule has 0 bridgehead atoms. The van der Waals surface area contributed by atoms with Crippen LogP contribution in [0.1, 0.15) is 21.6 Å². The van der Waals surface area contributed by atoms with Crippen molar-refractivity contribution in [3.8, 4) is 0 Å². The Hall–Kier alpha value is -1.98. The third-order valence-electron chi connectivity index (χ3n) is 2.53. The monoisotopic (exact) mass is 243 g/mol. The van der Waals surface area contributed by atoms with Crippen LogP contribution in [0.15, 0.2) is 18.2 Å². The molecule has 1 aromatic heterocycles. The number of nitrogens with one attached hydrogen (secondary N) is 1. The topological polar surface area (TPSA) is 53.1 Å². The van der Waals surface area contributed by atoms with Crippen LogP contribution >= 0.6 is 0 Å². The third-order valence-corrected chi connectivity index (χ3v) is 2.53. The van der Waals surface area contributed by atoms with Gasteiger partial charge in [-0.05, 0) is 19.1 Å². The number of fused-ring (bicyclic) bond motifs is 1. The number of hydrogen-bond donors (Lipinski definition) is 2.